The van der Waals surface area contributed by atoms with Crippen molar-refractivity contribution in [3.8, 4) is 11.1 Å². The first kappa shape index (κ1) is 25.1. The number of halogens is 2. The van der Waals surface area contributed by atoms with Gasteiger partial charge in [0.15, 0.2) is 0 Å². The van der Waals surface area contributed by atoms with Crippen molar-refractivity contribution < 1.29 is 14.3 Å². The summed E-state index contributed by atoms with van der Waals surface area (Å²) in [5, 5.41) is 11.2. The normalized spacial score (nSPS) is 19.7. The van der Waals surface area contributed by atoms with Crippen molar-refractivity contribution in [1.29, 1.82) is 0 Å². The van der Waals surface area contributed by atoms with Crippen molar-refractivity contribution >= 4 is 21.8 Å². The molecule has 1 N–H and O–H groups in total. The highest BCUT2D eigenvalue weighted by Crippen LogP contribution is 2.32. The van der Waals surface area contributed by atoms with Crippen LogP contribution in [0.1, 0.15) is 58.3 Å². The fourth-order valence-electron chi connectivity index (χ4n) is 5.51. The first-order chi connectivity index (χ1) is 16.3. The van der Waals surface area contributed by atoms with Crippen LogP contribution in [0.25, 0.3) is 11.1 Å². The maximum absolute atomic E-state index is 14.2. The first-order valence-corrected chi connectivity index (χ1v) is 13.2. The minimum atomic E-state index is -1.06. The zero-order valence-electron chi connectivity index (χ0n) is 19.8. The van der Waals surface area contributed by atoms with E-state index in [1.54, 1.807) is 24.4 Å². The van der Waals surface area contributed by atoms with Gasteiger partial charge in [-0.15, -0.1) is 0 Å². The lowest BCUT2D eigenvalue weighted by Gasteiger charge is -2.39. The monoisotopic (exact) mass is 532 g/mol. The molecule has 0 radical (unpaired) electrons. The van der Waals surface area contributed by atoms with Gasteiger partial charge in [-0.25, -0.2) is 4.39 Å². The molecule has 34 heavy (non-hydrogen) atoms. The quantitative estimate of drug-likeness (QED) is 0.543. The van der Waals surface area contributed by atoms with E-state index >= 15 is 0 Å². The summed E-state index contributed by atoms with van der Waals surface area (Å²) in [5.41, 5.74) is -0.522. The lowest BCUT2D eigenvalue weighted by Crippen LogP contribution is -2.50. The minimum Gasteiger partial charge on any atom is -0.388 e. The van der Waals surface area contributed by atoms with Crippen LogP contribution < -0.4 is 5.56 Å². The third-order valence-corrected chi connectivity index (χ3v) is 8.18. The van der Waals surface area contributed by atoms with Gasteiger partial charge in [-0.3, -0.25) is 9.59 Å². The summed E-state index contributed by atoms with van der Waals surface area (Å²) in [5.74, 6) is 0.460. The van der Waals surface area contributed by atoms with Crippen LogP contribution in [0.3, 0.4) is 0 Å². The highest BCUT2D eigenvalue weighted by Gasteiger charge is 2.36. The number of hydrogen-bond donors (Lipinski definition) is 1. The summed E-state index contributed by atoms with van der Waals surface area (Å²) in [4.78, 5) is 27.7. The molecule has 2 aromatic rings. The molecule has 0 unspecified atom stereocenters. The minimum absolute atomic E-state index is 0.0128. The number of carbonyl (C=O) groups is 1. The van der Waals surface area contributed by atoms with E-state index < -0.39 is 11.4 Å². The van der Waals surface area contributed by atoms with Gasteiger partial charge in [-0.1, -0.05) is 57.2 Å². The molecule has 1 aliphatic heterocycles. The Morgan fingerprint density at radius 3 is 2.53 bits per heavy atom. The Morgan fingerprint density at radius 2 is 1.85 bits per heavy atom. The van der Waals surface area contributed by atoms with Gasteiger partial charge in [0.25, 0.3) is 5.56 Å². The topological polar surface area (TPSA) is 62.5 Å². The number of benzene rings is 1. The number of hydrogen-bond acceptors (Lipinski definition) is 3. The molecule has 1 aliphatic carbocycles. The van der Waals surface area contributed by atoms with E-state index in [1.807, 2.05) is 11.8 Å². The smallest absolute Gasteiger partial charge is 0.251 e. The Kier molecular flexibility index (Phi) is 7.93. The predicted octanol–water partition coefficient (Wildman–Crippen LogP) is 5.38. The highest BCUT2D eigenvalue weighted by molar-refractivity contribution is 9.10. The first-order valence-electron chi connectivity index (χ1n) is 12.4. The summed E-state index contributed by atoms with van der Waals surface area (Å²) < 4.78 is 16.3. The Hall–Kier alpha value is -1.99. The molecule has 1 saturated heterocycles. The predicted molar refractivity (Wildman–Crippen MR) is 135 cm³/mol. The maximum Gasteiger partial charge on any atom is 0.251 e. The molecule has 0 bridgehead atoms. The Morgan fingerprint density at radius 1 is 1.18 bits per heavy atom. The van der Waals surface area contributed by atoms with Crippen molar-refractivity contribution in [1.82, 2.24) is 9.47 Å². The summed E-state index contributed by atoms with van der Waals surface area (Å²) in [6.07, 6.45) is 9.76. The van der Waals surface area contributed by atoms with Gasteiger partial charge < -0.3 is 14.6 Å². The van der Waals surface area contributed by atoms with Crippen LogP contribution in [0.2, 0.25) is 0 Å². The summed E-state index contributed by atoms with van der Waals surface area (Å²) in [7, 11) is 0. The second kappa shape index (κ2) is 10.7. The lowest BCUT2D eigenvalue weighted by molar-refractivity contribution is -0.140. The zero-order valence-corrected chi connectivity index (χ0v) is 21.4. The van der Waals surface area contributed by atoms with Crippen LogP contribution >= 0.6 is 15.9 Å². The van der Waals surface area contributed by atoms with Crippen LogP contribution in [0.15, 0.2) is 45.8 Å². The number of aromatic nitrogens is 1. The number of carbonyl (C=O) groups excluding carboxylic acids is 1. The molecule has 0 spiro atoms. The van der Waals surface area contributed by atoms with Gasteiger partial charge in [0.05, 0.1) is 12.1 Å². The molecule has 184 valence electrons. The second-order valence-electron chi connectivity index (χ2n) is 10.2. The zero-order chi connectivity index (χ0) is 24.3. The molecule has 1 atom stereocenters. The lowest BCUT2D eigenvalue weighted by atomic mass is 9.82. The SMILES string of the molecule is C[C@H](CC1CCCCC1)C(=O)N1CCC(O)(Cn2cc(Br)c(-c3ccccc3F)cc2=O)CC1. The summed E-state index contributed by atoms with van der Waals surface area (Å²) >= 11 is 3.46. The van der Waals surface area contributed by atoms with Gasteiger partial charge in [0, 0.05) is 46.9 Å². The molecule has 1 aromatic heterocycles. The summed E-state index contributed by atoms with van der Waals surface area (Å²) in [6.45, 7) is 3.16. The van der Waals surface area contributed by atoms with Crippen LogP contribution in [0, 0.1) is 17.7 Å². The maximum atomic E-state index is 14.2. The number of piperidine rings is 1. The van der Waals surface area contributed by atoms with E-state index in [0.717, 1.165) is 6.42 Å². The third kappa shape index (κ3) is 5.80. The van der Waals surface area contributed by atoms with Gasteiger partial charge in [-0.05, 0) is 47.2 Å². The van der Waals surface area contributed by atoms with Crippen LogP contribution in [0.4, 0.5) is 4.39 Å². The molecular weight excluding hydrogens is 499 g/mol. The molecule has 2 fully saturated rings. The number of nitrogens with zero attached hydrogens (tertiary/aromatic N) is 2. The van der Waals surface area contributed by atoms with Crippen LogP contribution in [0.5, 0.6) is 0 Å². The van der Waals surface area contributed by atoms with E-state index in [1.165, 1.54) is 48.8 Å². The average molecular weight is 533 g/mol. The van der Waals surface area contributed by atoms with Crippen molar-refractivity contribution in [3.05, 3.63) is 57.2 Å². The van der Waals surface area contributed by atoms with Crippen molar-refractivity contribution in [3.63, 3.8) is 0 Å². The van der Waals surface area contributed by atoms with E-state index in [2.05, 4.69) is 15.9 Å². The number of amides is 1. The fourth-order valence-corrected chi connectivity index (χ4v) is 6.08. The van der Waals surface area contributed by atoms with Gasteiger partial charge >= 0.3 is 0 Å². The average Bonchev–Trinajstić information content (AvgIpc) is 2.82. The Labute approximate surface area is 209 Å². The standard InChI is InChI=1S/C27H34BrFN2O3/c1-19(15-20-7-3-2-4-8-20)26(33)30-13-11-27(34,12-14-30)18-31-17-23(28)22(16-25(31)32)21-9-5-6-10-24(21)29/h5-6,9-10,16-17,19-20,34H,2-4,7-8,11-15,18H2,1H3/t19-/m1/s1. The van der Waals surface area contributed by atoms with Gasteiger partial charge in [-0.2, -0.15) is 0 Å². The van der Waals surface area contributed by atoms with Crippen LogP contribution in [-0.4, -0.2) is 39.2 Å². The molecule has 1 saturated carbocycles. The van der Waals surface area contributed by atoms with Gasteiger partial charge in [0.2, 0.25) is 5.91 Å². The fraction of sp³-hybridized carbons (Fsp3) is 0.556. The number of rotatable bonds is 6. The van der Waals surface area contributed by atoms with Crippen LogP contribution in [-0.2, 0) is 11.3 Å². The van der Waals surface area contributed by atoms with E-state index in [9.17, 15) is 19.1 Å². The third-order valence-electron chi connectivity index (χ3n) is 7.55. The second-order valence-corrected chi connectivity index (χ2v) is 11.0. The molecule has 2 aliphatic rings. The number of aliphatic hydroxyl groups is 1. The van der Waals surface area contributed by atoms with E-state index in [-0.39, 0.29) is 23.9 Å². The molecule has 1 aromatic carbocycles. The molecule has 5 nitrogen and oxygen atoms in total. The van der Waals surface area contributed by atoms with Crippen molar-refractivity contribution in [2.45, 2.75) is 70.4 Å². The van der Waals surface area contributed by atoms with Crippen molar-refractivity contribution in [2.24, 2.45) is 11.8 Å². The largest absolute Gasteiger partial charge is 0.388 e. The van der Waals surface area contributed by atoms with Crippen molar-refractivity contribution in [2.75, 3.05) is 13.1 Å². The number of likely N-dealkylation sites (tertiary alicyclic amines) is 1. The Bertz CT molecular complexity index is 1070. The molecule has 2 heterocycles. The molecule has 4 rings (SSSR count). The van der Waals surface area contributed by atoms with E-state index in [0.29, 0.717) is 47.4 Å². The summed E-state index contributed by atoms with van der Waals surface area (Å²) in [6, 6.07) is 7.73. The van der Waals surface area contributed by atoms with E-state index in [4.69, 9.17) is 0 Å². The molecule has 7 heteroatoms. The number of pyridine rings is 1. The Balaban J connectivity index is 1.38. The molecule has 1 amide bonds. The highest BCUT2D eigenvalue weighted by atomic mass is 79.9. The van der Waals surface area contributed by atoms with Gasteiger partial charge in [0.1, 0.15) is 5.82 Å². The molecular formula is C27H34BrFN2O3.